The summed E-state index contributed by atoms with van der Waals surface area (Å²) in [7, 11) is 1.63. The monoisotopic (exact) mass is 283 g/mol. The molecule has 0 aromatic carbocycles. The molecule has 0 fully saturated rings. The molecule has 1 heterocycles. The van der Waals surface area contributed by atoms with E-state index in [1.165, 1.54) is 0 Å². The highest BCUT2D eigenvalue weighted by Gasteiger charge is 2.37. The number of aliphatic hydroxyl groups excluding tert-OH is 1. The molecule has 20 heavy (non-hydrogen) atoms. The number of hydrogen-bond acceptors (Lipinski definition) is 5. The lowest BCUT2D eigenvalue weighted by Gasteiger charge is -2.39. The number of carboxylic acids is 1. The molecule has 0 aromatic rings. The summed E-state index contributed by atoms with van der Waals surface area (Å²) in [5, 5.41) is 21.8. The van der Waals surface area contributed by atoms with Gasteiger partial charge < -0.3 is 25.0 Å². The maximum Gasteiger partial charge on any atom is 0.351 e. The van der Waals surface area contributed by atoms with E-state index in [0.29, 0.717) is 19.6 Å². The van der Waals surface area contributed by atoms with E-state index in [1.807, 2.05) is 6.08 Å². The Labute approximate surface area is 118 Å². The lowest BCUT2D eigenvalue weighted by molar-refractivity contribution is -0.133. The SMILES string of the molecule is COCCCOC1C=C(C(=O)O)NC2C=CC(O)CC21. The highest BCUT2D eigenvalue weighted by molar-refractivity contribution is 5.86. The van der Waals surface area contributed by atoms with E-state index < -0.39 is 12.1 Å². The molecule has 4 atom stereocenters. The van der Waals surface area contributed by atoms with Crippen LogP contribution in [0, 0.1) is 5.92 Å². The molecule has 0 radical (unpaired) electrons. The Morgan fingerprint density at radius 3 is 2.95 bits per heavy atom. The van der Waals surface area contributed by atoms with Gasteiger partial charge in [-0.05, 0) is 18.9 Å². The number of carbonyl (C=O) groups is 1. The summed E-state index contributed by atoms with van der Waals surface area (Å²) >= 11 is 0. The first kappa shape index (κ1) is 15.0. The number of aliphatic hydroxyl groups is 1. The number of nitrogens with one attached hydrogen (secondary N) is 1. The summed E-state index contributed by atoms with van der Waals surface area (Å²) in [5.41, 5.74) is 0.157. The van der Waals surface area contributed by atoms with Gasteiger partial charge >= 0.3 is 5.97 Å². The quantitative estimate of drug-likeness (QED) is 0.479. The molecule has 6 heteroatoms. The topological polar surface area (TPSA) is 88.0 Å². The van der Waals surface area contributed by atoms with Crippen LogP contribution in [0.5, 0.6) is 0 Å². The van der Waals surface area contributed by atoms with Crippen molar-refractivity contribution in [3.63, 3.8) is 0 Å². The molecule has 1 aliphatic carbocycles. The minimum absolute atomic E-state index is 0.0423. The Kier molecular flexibility index (Phi) is 5.17. The molecule has 3 N–H and O–H groups in total. The van der Waals surface area contributed by atoms with Crippen LogP contribution in [0.25, 0.3) is 0 Å². The Bertz CT molecular complexity index is 406. The number of fused-ring (bicyclic) bond motifs is 1. The Balaban J connectivity index is 2.05. The molecule has 0 aromatic heterocycles. The minimum Gasteiger partial charge on any atom is -0.477 e. The van der Waals surface area contributed by atoms with Crippen LogP contribution in [-0.4, -0.2) is 54.8 Å². The van der Waals surface area contributed by atoms with E-state index in [-0.39, 0.29) is 23.8 Å². The zero-order chi connectivity index (χ0) is 14.5. The highest BCUT2D eigenvalue weighted by Crippen LogP contribution is 2.30. The van der Waals surface area contributed by atoms with Gasteiger partial charge in [-0.3, -0.25) is 0 Å². The summed E-state index contributed by atoms with van der Waals surface area (Å²) in [6, 6.07) is -0.109. The molecule has 0 bridgehead atoms. The molecule has 0 saturated heterocycles. The number of carboxylic acid groups (broad SMARTS) is 1. The van der Waals surface area contributed by atoms with Crippen molar-refractivity contribution in [1.82, 2.24) is 5.32 Å². The fourth-order valence-corrected chi connectivity index (χ4v) is 2.63. The van der Waals surface area contributed by atoms with Crippen molar-refractivity contribution in [3.8, 4) is 0 Å². The predicted molar refractivity (Wildman–Crippen MR) is 72.1 cm³/mol. The summed E-state index contributed by atoms with van der Waals surface area (Å²) < 4.78 is 10.7. The van der Waals surface area contributed by atoms with Crippen LogP contribution in [0.2, 0.25) is 0 Å². The molecule has 0 spiro atoms. The second-order valence-electron chi connectivity index (χ2n) is 5.09. The van der Waals surface area contributed by atoms with E-state index in [1.54, 1.807) is 19.3 Å². The Morgan fingerprint density at radius 2 is 2.25 bits per heavy atom. The summed E-state index contributed by atoms with van der Waals surface area (Å²) in [6.45, 7) is 1.11. The fourth-order valence-electron chi connectivity index (χ4n) is 2.63. The summed E-state index contributed by atoms with van der Waals surface area (Å²) in [6.07, 6.45) is 5.63. The molecule has 0 amide bonds. The molecule has 112 valence electrons. The van der Waals surface area contributed by atoms with Crippen LogP contribution >= 0.6 is 0 Å². The molecule has 0 saturated carbocycles. The van der Waals surface area contributed by atoms with Gasteiger partial charge in [-0.1, -0.05) is 12.2 Å². The average Bonchev–Trinajstić information content (AvgIpc) is 2.43. The van der Waals surface area contributed by atoms with Crippen molar-refractivity contribution in [2.24, 2.45) is 5.92 Å². The molecule has 1 aliphatic heterocycles. The van der Waals surface area contributed by atoms with Gasteiger partial charge in [0.05, 0.1) is 18.2 Å². The zero-order valence-corrected chi connectivity index (χ0v) is 11.5. The third-order valence-electron chi connectivity index (χ3n) is 3.62. The Morgan fingerprint density at radius 1 is 1.45 bits per heavy atom. The van der Waals surface area contributed by atoms with Crippen molar-refractivity contribution in [2.45, 2.75) is 31.1 Å². The average molecular weight is 283 g/mol. The van der Waals surface area contributed by atoms with E-state index in [0.717, 1.165) is 6.42 Å². The number of hydrogen-bond donors (Lipinski definition) is 3. The van der Waals surface area contributed by atoms with E-state index >= 15 is 0 Å². The van der Waals surface area contributed by atoms with Crippen LogP contribution in [0.1, 0.15) is 12.8 Å². The van der Waals surface area contributed by atoms with E-state index in [2.05, 4.69) is 5.32 Å². The largest absolute Gasteiger partial charge is 0.477 e. The minimum atomic E-state index is -0.992. The molecule has 4 unspecified atom stereocenters. The standard InChI is InChI=1S/C14H21NO5/c1-19-5-2-6-20-13-8-12(14(17)18)15-11-4-3-9(16)7-10(11)13/h3-4,8-11,13,15-16H,2,5-7H2,1H3,(H,17,18). The van der Waals surface area contributed by atoms with Crippen LogP contribution < -0.4 is 5.32 Å². The third-order valence-corrected chi connectivity index (χ3v) is 3.62. The zero-order valence-electron chi connectivity index (χ0n) is 11.5. The van der Waals surface area contributed by atoms with Gasteiger partial charge in [0, 0.05) is 26.2 Å². The van der Waals surface area contributed by atoms with Crippen molar-refractivity contribution >= 4 is 5.97 Å². The maximum atomic E-state index is 11.1. The third kappa shape index (κ3) is 3.59. The van der Waals surface area contributed by atoms with Gasteiger partial charge in [0.15, 0.2) is 0 Å². The number of methoxy groups -OCH3 is 1. The first-order valence-electron chi connectivity index (χ1n) is 6.80. The summed E-state index contributed by atoms with van der Waals surface area (Å²) in [4.78, 5) is 11.1. The van der Waals surface area contributed by atoms with Crippen LogP contribution in [0.4, 0.5) is 0 Å². The first-order valence-corrected chi connectivity index (χ1v) is 6.80. The molecular weight excluding hydrogens is 262 g/mol. The van der Waals surface area contributed by atoms with Crippen LogP contribution in [-0.2, 0) is 14.3 Å². The number of aliphatic carboxylic acids is 1. The lowest BCUT2D eigenvalue weighted by Crippen LogP contribution is -2.49. The second-order valence-corrected chi connectivity index (χ2v) is 5.09. The maximum absolute atomic E-state index is 11.1. The van der Waals surface area contributed by atoms with Gasteiger partial charge in [-0.15, -0.1) is 0 Å². The van der Waals surface area contributed by atoms with Crippen LogP contribution in [0.15, 0.2) is 23.9 Å². The molecule has 2 rings (SSSR count). The highest BCUT2D eigenvalue weighted by atomic mass is 16.5. The molecule has 6 nitrogen and oxygen atoms in total. The number of ether oxygens (including phenoxy) is 2. The first-order chi connectivity index (χ1) is 9.61. The van der Waals surface area contributed by atoms with Gasteiger partial charge in [-0.2, -0.15) is 0 Å². The Hall–Kier alpha value is -1.37. The van der Waals surface area contributed by atoms with Crippen molar-refractivity contribution in [3.05, 3.63) is 23.9 Å². The van der Waals surface area contributed by atoms with E-state index in [4.69, 9.17) is 14.6 Å². The van der Waals surface area contributed by atoms with Crippen molar-refractivity contribution in [1.29, 1.82) is 0 Å². The normalized spacial score (nSPS) is 32.2. The lowest BCUT2D eigenvalue weighted by atomic mass is 9.81. The van der Waals surface area contributed by atoms with Gasteiger partial charge in [0.2, 0.25) is 0 Å². The summed E-state index contributed by atoms with van der Waals surface area (Å²) in [5.74, 6) is -0.950. The van der Waals surface area contributed by atoms with Crippen molar-refractivity contribution in [2.75, 3.05) is 20.3 Å². The van der Waals surface area contributed by atoms with Crippen LogP contribution in [0.3, 0.4) is 0 Å². The number of rotatable bonds is 6. The fraction of sp³-hybridized carbons (Fsp3) is 0.643. The second kappa shape index (κ2) is 6.88. The molecule has 2 aliphatic rings. The molecular formula is C14H21NO5. The van der Waals surface area contributed by atoms with E-state index in [9.17, 15) is 9.90 Å². The van der Waals surface area contributed by atoms with Gasteiger partial charge in [0.25, 0.3) is 0 Å². The smallest absolute Gasteiger partial charge is 0.351 e. The van der Waals surface area contributed by atoms with Crippen molar-refractivity contribution < 1.29 is 24.5 Å². The predicted octanol–water partition coefficient (Wildman–Crippen LogP) is 0.285. The van der Waals surface area contributed by atoms with Gasteiger partial charge in [0.1, 0.15) is 5.70 Å². The van der Waals surface area contributed by atoms with Gasteiger partial charge in [-0.25, -0.2) is 4.79 Å².